The van der Waals surface area contributed by atoms with Gasteiger partial charge in [0.2, 0.25) is 6.41 Å². The van der Waals surface area contributed by atoms with Gasteiger partial charge in [-0.1, -0.05) is 42.5 Å². The Morgan fingerprint density at radius 2 is 1.77 bits per heavy atom. The Labute approximate surface area is 204 Å². The summed E-state index contributed by atoms with van der Waals surface area (Å²) in [7, 11) is 1.67. The van der Waals surface area contributed by atoms with Crippen molar-refractivity contribution in [3.63, 3.8) is 0 Å². The molecule has 0 spiro atoms. The predicted molar refractivity (Wildman–Crippen MR) is 140 cm³/mol. The molecule has 0 aliphatic carbocycles. The summed E-state index contributed by atoms with van der Waals surface area (Å²) < 4.78 is 5.32. The number of amides is 1. The van der Waals surface area contributed by atoms with Crippen LogP contribution < -0.4 is 20.5 Å². The molecular weight excluding hydrogens is 440 g/mol. The summed E-state index contributed by atoms with van der Waals surface area (Å²) in [5, 5.41) is 11.8. The zero-order valence-electron chi connectivity index (χ0n) is 20.2. The molecule has 2 unspecified atom stereocenters. The smallest absolute Gasteiger partial charge is 0.272 e. The zero-order valence-corrected chi connectivity index (χ0v) is 20.2. The van der Waals surface area contributed by atoms with E-state index in [4.69, 9.17) is 4.74 Å². The molecule has 0 bridgehead atoms. The quantitative estimate of drug-likeness (QED) is 0.328. The molecule has 0 fully saturated rings. The number of fused-ring (bicyclic) bond motifs is 1. The molecule has 1 heterocycles. The normalized spacial score (nSPS) is 12.8. The average Bonchev–Trinajstić information content (AvgIpc) is 2.90. The van der Waals surface area contributed by atoms with Crippen molar-refractivity contribution in [1.29, 1.82) is 0 Å². The fourth-order valence-electron chi connectivity index (χ4n) is 4.24. The fourth-order valence-corrected chi connectivity index (χ4v) is 4.24. The van der Waals surface area contributed by atoms with E-state index >= 15 is 0 Å². The lowest BCUT2D eigenvalue weighted by atomic mass is 10.0. The highest BCUT2D eigenvalue weighted by Crippen LogP contribution is 2.26. The van der Waals surface area contributed by atoms with Crippen molar-refractivity contribution in [2.24, 2.45) is 0 Å². The number of hydrogen-bond acceptors (Lipinski definition) is 5. The number of carbonyl (C=O) groups excluding carboxylic acids is 1. The zero-order chi connectivity index (χ0) is 24.8. The van der Waals surface area contributed by atoms with Gasteiger partial charge in [0, 0.05) is 35.3 Å². The van der Waals surface area contributed by atoms with Gasteiger partial charge in [0.1, 0.15) is 5.75 Å². The van der Waals surface area contributed by atoms with Crippen LogP contribution in [0.5, 0.6) is 5.75 Å². The van der Waals surface area contributed by atoms with E-state index in [9.17, 15) is 9.59 Å². The molecule has 7 heteroatoms. The van der Waals surface area contributed by atoms with Gasteiger partial charge in [-0.2, -0.15) is 5.10 Å². The van der Waals surface area contributed by atoms with Crippen LogP contribution in [0.4, 0.5) is 5.69 Å². The molecule has 0 saturated carbocycles. The van der Waals surface area contributed by atoms with Crippen molar-refractivity contribution in [3.8, 4) is 17.0 Å². The van der Waals surface area contributed by atoms with E-state index in [1.54, 1.807) is 18.1 Å². The van der Waals surface area contributed by atoms with Crippen molar-refractivity contribution in [3.05, 3.63) is 88.7 Å². The minimum Gasteiger partial charge on any atom is -0.497 e. The van der Waals surface area contributed by atoms with Crippen LogP contribution in [0.2, 0.25) is 0 Å². The summed E-state index contributed by atoms with van der Waals surface area (Å²) >= 11 is 0. The largest absolute Gasteiger partial charge is 0.497 e. The number of carbonyl (C=O) groups is 1. The monoisotopic (exact) mass is 470 g/mol. The van der Waals surface area contributed by atoms with Crippen LogP contribution in [0, 0.1) is 0 Å². The molecule has 2 atom stereocenters. The van der Waals surface area contributed by atoms with Crippen LogP contribution in [-0.4, -0.2) is 36.3 Å². The molecular formula is C28H30N4O3. The predicted octanol–water partition coefficient (Wildman–Crippen LogP) is 4.69. The first-order valence-electron chi connectivity index (χ1n) is 11.7. The van der Waals surface area contributed by atoms with E-state index in [0.717, 1.165) is 40.8 Å². The third-order valence-corrected chi connectivity index (χ3v) is 6.23. The number of hydrogen-bond donors (Lipinski definition) is 2. The molecule has 0 aliphatic rings. The molecule has 1 amide bonds. The fraction of sp³-hybridized carbons (Fsp3) is 0.250. The van der Waals surface area contributed by atoms with Gasteiger partial charge in [-0.25, -0.2) is 5.10 Å². The lowest BCUT2D eigenvalue weighted by Gasteiger charge is -2.24. The van der Waals surface area contributed by atoms with E-state index < -0.39 is 0 Å². The maximum Gasteiger partial charge on any atom is 0.272 e. The van der Waals surface area contributed by atoms with Crippen molar-refractivity contribution >= 4 is 22.9 Å². The first kappa shape index (κ1) is 24.2. The van der Waals surface area contributed by atoms with E-state index in [-0.39, 0.29) is 17.6 Å². The minimum atomic E-state index is -0.212. The third-order valence-electron chi connectivity index (χ3n) is 6.23. The molecule has 4 rings (SSSR count). The van der Waals surface area contributed by atoms with Gasteiger partial charge in [-0.3, -0.25) is 9.59 Å². The van der Waals surface area contributed by atoms with Gasteiger partial charge in [0.15, 0.2) is 0 Å². The van der Waals surface area contributed by atoms with E-state index in [1.807, 2.05) is 60.7 Å². The number of benzene rings is 3. The number of aromatic amines is 1. The maximum absolute atomic E-state index is 12.1. The molecule has 7 nitrogen and oxygen atoms in total. The first-order valence-corrected chi connectivity index (χ1v) is 11.7. The number of aromatic nitrogens is 2. The Hall–Kier alpha value is -3.97. The maximum atomic E-state index is 12.1. The van der Waals surface area contributed by atoms with Gasteiger partial charge >= 0.3 is 0 Å². The van der Waals surface area contributed by atoms with Crippen molar-refractivity contribution in [2.75, 3.05) is 18.6 Å². The topological polar surface area (TPSA) is 87.3 Å². The van der Waals surface area contributed by atoms with Gasteiger partial charge in [-0.15, -0.1) is 0 Å². The summed E-state index contributed by atoms with van der Waals surface area (Å²) in [5.74, 6) is 0.837. The van der Waals surface area contributed by atoms with Crippen molar-refractivity contribution in [2.45, 2.75) is 32.4 Å². The molecule has 1 aromatic heterocycles. The minimum absolute atomic E-state index is 0.156. The number of nitrogens with zero attached hydrogens (tertiary/aromatic N) is 2. The molecule has 4 aromatic rings. The summed E-state index contributed by atoms with van der Waals surface area (Å²) in [6.45, 7) is 4.83. The lowest BCUT2D eigenvalue weighted by molar-refractivity contribution is -0.107. The van der Waals surface area contributed by atoms with Crippen LogP contribution in [0.25, 0.3) is 22.0 Å². The number of anilines is 1. The number of rotatable bonds is 10. The van der Waals surface area contributed by atoms with E-state index in [2.05, 4.69) is 35.4 Å². The SMILES string of the molecule is COc1cccc(C(C)NC(C)CCN(C=O)c2ccc(-c3n[nH]c(=O)c4ccccc34)cc2)c1. The second kappa shape index (κ2) is 11.0. The third kappa shape index (κ3) is 5.58. The highest BCUT2D eigenvalue weighted by Gasteiger charge is 2.14. The Kier molecular flexibility index (Phi) is 7.57. The number of H-pyrrole nitrogens is 1. The molecule has 0 saturated heterocycles. The molecule has 2 N–H and O–H groups in total. The molecule has 0 radical (unpaired) electrons. The molecule has 180 valence electrons. The van der Waals surface area contributed by atoms with Crippen LogP contribution in [0.1, 0.15) is 31.9 Å². The Balaban J connectivity index is 1.41. The lowest BCUT2D eigenvalue weighted by Crippen LogP contribution is -2.33. The number of nitrogens with one attached hydrogen (secondary N) is 2. The molecule has 35 heavy (non-hydrogen) atoms. The molecule has 3 aromatic carbocycles. The second-order valence-corrected chi connectivity index (χ2v) is 8.65. The highest BCUT2D eigenvalue weighted by molar-refractivity contribution is 5.93. The van der Waals surface area contributed by atoms with Crippen LogP contribution in [0.3, 0.4) is 0 Å². The standard InChI is InChI=1S/C28H30N4O3/c1-19(29-20(2)22-7-6-8-24(17-22)35-3)15-16-32(18-33)23-13-11-21(12-14-23)27-25-9-4-5-10-26(25)28(34)31-30-27/h4-14,17-20,29H,15-16H2,1-3H3,(H,31,34). The van der Waals surface area contributed by atoms with Crippen LogP contribution >= 0.6 is 0 Å². The Morgan fingerprint density at radius 1 is 1.03 bits per heavy atom. The first-order chi connectivity index (χ1) is 17.0. The Morgan fingerprint density at radius 3 is 2.49 bits per heavy atom. The summed E-state index contributed by atoms with van der Waals surface area (Å²) in [6.07, 6.45) is 1.65. The average molecular weight is 471 g/mol. The summed E-state index contributed by atoms with van der Waals surface area (Å²) in [5.41, 5.74) is 3.33. The van der Waals surface area contributed by atoms with Crippen LogP contribution in [-0.2, 0) is 4.79 Å². The second-order valence-electron chi connectivity index (χ2n) is 8.65. The number of ether oxygens (including phenoxy) is 1. The Bertz CT molecular complexity index is 1350. The van der Waals surface area contributed by atoms with Gasteiger partial charge < -0.3 is 15.0 Å². The highest BCUT2D eigenvalue weighted by atomic mass is 16.5. The molecule has 0 aliphatic heterocycles. The summed E-state index contributed by atoms with van der Waals surface area (Å²) in [6, 6.07) is 23.4. The van der Waals surface area contributed by atoms with E-state index in [0.29, 0.717) is 17.6 Å². The van der Waals surface area contributed by atoms with Gasteiger partial charge in [-0.05, 0) is 56.2 Å². The van der Waals surface area contributed by atoms with Crippen molar-refractivity contribution < 1.29 is 9.53 Å². The van der Waals surface area contributed by atoms with Gasteiger partial charge in [0.05, 0.1) is 18.2 Å². The van der Waals surface area contributed by atoms with Gasteiger partial charge in [0.25, 0.3) is 5.56 Å². The van der Waals surface area contributed by atoms with Crippen LogP contribution in [0.15, 0.2) is 77.6 Å². The van der Waals surface area contributed by atoms with E-state index in [1.165, 1.54) is 0 Å². The summed E-state index contributed by atoms with van der Waals surface area (Å²) in [4.78, 5) is 25.6. The van der Waals surface area contributed by atoms with Crippen molar-refractivity contribution in [1.82, 2.24) is 15.5 Å². The number of methoxy groups -OCH3 is 1.